The molecule has 0 amide bonds. The van der Waals surface area contributed by atoms with Crippen LogP contribution < -0.4 is 5.32 Å². The Hall–Kier alpha value is -1.36. The van der Waals surface area contributed by atoms with Crippen LogP contribution >= 0.6 is 0 Å². The van der Waals surface area contributed by atoms with Crippen molar-refractivity contribution in [1.29, 1.82) is 0 Å². The molecule has 0 heterocycles. The minimum absolute atomic E-state index is 0.0348. The number of benzene rings is 1. The number of likely N-dealkylation sites (N-methyl/N-ethyl adjacent to an activating group) is 1. The number of carbonyl (C=O) groups is 1. The lowest BCUT2D eigenvalue weighted by Gasteiger charge is -2.13. The van der Waals surface area contributed by atoms with E-state index in [1.165, 1.54) is 19.1 Å². The van der Waals surface area contributed by atoms with E-state index >= 15 is 0 Å². The van der Waals surface area contributed by atoms with Crippen LogP contribution in [0.1, 0.15) is 18.1 Å². The summed E-state index contributed by atoms with van der Waals surface area (Å²) in [5, 5.41) is 2.82. The second-order valence-electron chi connectivity index (χ2n) is 3.85. The van der Waals surface area contributed by atoms with E-state index in [4.69, 9.17) is 0 Å². The van der Waals surface area contributed by atoms with Crippen LogP contribution in [0.4, 0.5) is 13.2 Å². The SMILES string of the molecule is CNC(Cc1ccc(C(F)(F)F)cc1)C(C)=O. The van der Waals surface area contributed by atoms with Crippen molar-refractivity contribution in [3.63, 3.8) is 0 Å². The molecule has 0 aromatic heterocycles. The third-order valence-corrected chi connectivity index (χ3v) is 2.56. The van der Waals surface area contributed by atoms with E-state index in [0.29, 0.717) is 12.0 Å². The molecule has 1 unspecified atom stereocenters. The smallest absolute Gasteiger partial charge is 0.310 e. The zero-order chi connectivity index (χ0) is 13.1. The van der Waals surface area contributed by atoms with Crippen LogP contribution in [-0.2, 0) is 17.4 Å². The van der Waals surface area contributed by atoms with Crippen LogP contribution in [0.2, 0.25) is 0 Å². The van der Waals surface area contributed by atoms with Gasteiger partial charge in [0.05, 0.1) is 11.6 Å². The summed E-state index contributed by atoms with van der Waals surface area (Å²) in [7, 11) is 1.65. The molecule has 1 atom stereocenters. The van der Waals surface area contributed by atoms with E-state index in [-0.39, 0.29) is 11.8 Å². The normalized spacial score (nSPS) is 13.5. The standard InChI is InChI=1S/C12H14F3NO/c1-8(17)11(16-2)7-9-3-5-10(6-4-9)12(13,14)15/h3-6,11,16H,7H2,1-2H3. The van der Waals surface area contributed by atoms with Crippen molar-refractivity contribution in [2.45, 2.75) is 25.6 Å². The Kier molecular flexibility index (Phi) is 4.28. The fourth-order valence-electron chi connectivity index (χ4n) is 1.51. The molecular formula is C12H14F3NO. The zero-order valence-corrected chi connectivity index (χ0v) is 9.64. The molecule has 1 aromatic carbocycles. The molecule has 0 aliphatic rings. The molecule has 1 N–H and O–H groups in total. The minimum Gasteiger partial charge on any atom is -0.310 e. The first-order valence-electron chi connectivity index (χ1n) is 5.18. The molecule has 5 heteroatoms. The summed E-state index contributed by atoms with van der Waals surface area (Å²) >= 11 is 0. The number of halogens is 3. The fourth-order valence-corrected chi connectivity index (χ4v) is 1.51. The van der Waals surface area contributed by atoms with Crippen molar-refractivity contribution in [3.05, 3.63) is 35.4 Å². The van der Waals surface area contributed by atoms with Gasteiger partial charge in [0, 0.05) is 0 Å². The summed E-state index contributed by atoms with van der Waals surface area (Å²) in [5.74, 6) is -0.0348. The van der Waals surface area contributed by atoms with Crippen molar-refractivity contribution >= 4 is 5.78 Å². The summed E-state index contributed by atoms with van der Waals surface area (Å²) < 4.78 is 36.9. The molecule has 0 saturated carbocycles. The molecule has 2 nitrogen and oxygen atoms in total. The Bertz CT molecular complexity index is 384. The topological polar surface area (TPSA) is 29.1 Å². The Labute approximate surface area is 97.8 Å². The monoisotopic (exact) mass is 245 g/mol. The van der Waals surface area contributed by atoms with E-state index in [1.54, 1.807) is 7.05 Å². The van der Waals surface area contributed by atoms with Gasteiger partial charge in [-0.25, -0.2) is 0 Å². The molecule has 0 aliphatic carbocycles. The van der Waals surface area contributed by atoms with Crippen molar-refractivity contribution < 1.29 is 18.0 Å². The van der Waals surface area contributed by atoms with Gasteiger partial charge in [-0.05, 0) is 38.1 Å². The quantitative estimate of drug-likeness (QED) is 0.882. The van der Waals surface area contributed by atoms with Gasteiger partial charge >= 0.3 is 6.18 Å². The molecule has 0 saturated heterocycles. The lowest BCUT2D eigenvalue weighted by atomic mass is 10.0. The lowest BCUT2D eigenvalue weighted by Crippen LogP contribution is -2.34. The number of carbonyl (C=O) groups excluding carboxylic acids is 1. The van der Waals surface area contributed by atoms with Crippen molar-refractivity contribution in [1.82, 2.24) is 5.32 Å². The van der Waals surface area contributed by atoms with E-state index in [1.807, 2.05) is 0 Å². The van der Waals surface area contributed by atoms with E-state index in [9.17, 15) is 18.0 Å². The van der Waals surface area contributed by atoms with Crippen LogP contribution in [0, 0.1) is 0 Å². The summed E-state index contributed by atoms with van der Waals surface area (Å²) in [4.78, 5) is 11.2. The second kappa shape index (κ2) is 5.31. The van der Waals surface area contributed by atoms with Crippen LogP contribution in [0.15, 0.2) is 24.3 Å². The number of ketones is 1. The summed E-state index contributed by atoms with van der Waals surface area (Å²) in [6.45, 7) is 1.45. The molecule has 94 valence electrons. The maximum absolute atomic E-state index is 12.3. The second-order valence-corrected chi connectivity index (χ2v) is 3.85. The molecule has 0 aliphatic heterocycles. The highest BCUT2D eigenvalue weighted by Gasteiger charge is 2.30. The zero-order valence-electron chi connectivity index (χ0n) is 9.64. The highest BCUT2D eigenvalue weighted by molar-refractivity contribution is 5.81. The number of Topliss-reactive ketones (excluding diaryl/α,β-unsaturated/α-hetero) is 1. The number of alkyl halides is 3. The maximum Gasteiger partial charge on any atom is 0.416 e. The number of nitrogens with one attached hydrogen (secondary N) is 1. The predicted molar refractivity (Wildman–Crippen MR) is 58.7 cm³/mol. The molecule has 17 heavy (non-hydrogen) atoms. The summed E-state index contributed by atoms with van der Waals surface area (Å²) in [5.41, 5.74) is 0.0256. The molecule has 0 radical (unpaired) electrons. The Balaban J connectivity index is 2.78. The van der Waals surface area contributed by atoms with Crippen LogP contribution in [-0.4, -0.2) is 18.9 Å². The van der Waals surface area contributed by atoms with Gasteiger partial charge in [0.1, 0.15) is 5.78 Å². The predicted octanol–water partition coefficient (Wildman–Crippen LogP) is 2.42. The van der Waals surface area contributed by atoms with Gasteiger partial charge in [0.2, 0.25) is 0 Å². The van der Waals surface area contributed by atoms with Gasteiger partial charge in [0.25, 0.3) is 0 Å². The molecule has 0 bridgehead atoms. The molecule has 0 spiro atoms. The average molecular weight is 245 g/mol. The van der Waals surface area contributed by atoms with Gasteiger partial charge in [-0.3, -0.25) is 4.79 Å². The van der Waals surface area contributed by atoms with Crippen LogP contribution in [0.5, 0.6) is 0 Å². The van der Waals surface area contributed by atoms with Crippen molar-refractivity contribution in [2.75, 3.05) is 7.05 Å². The maximum atomic E-state index is 12.3. The van der Waals surface area contributed by atoms with Crippen LogP contribution in [0.25, 0.3) is 0 Å². The first-order chi connectivity index (χ1) is 7.84. The minimum atomic E-state index is -4.32. The highest BCUT2D eigenvalue weighted by Crippen LogP contribution is 2.29. The molecular weight excluding hydrogens is 231 g/mol. The number of rotatable bonds is 4. The lowest BCUT2D eigenvalue weighted by molar-refractivity contribution is -0.137. The largest absolute Gasteiger partial charge is 0.416 e. The van der Waals surface area contributed by atoms with Gasteiger partial charge < -0.3 is 5.32 Å². The molecule has 0 fully saturated rings. The Morgan fingerprint density at radius 3 is 2.18 bits per heavy atom. The van der Waals surface area contributed by atoms with E-state index < -0.39 is 11.7 Å². The summed E-state index contributed by atoms with van der Waals surface area (Å²) in [6, 6.07) is 4.50. The van der Waals surface area contributed by atoms with Gasteiger partial charge in [-0.1, -0.05) is 12.1 Å². The Morgan fingerprint density at radius 2 is 1.82 bits per heavy atom. The fraction of sp³-hybridized carbons (Fsp3) is 0.417. The number of hydrogen-bond acceptors (Lipinski definition) is 2. The first-order valence-corrected chi connectivity index (χ1v) is 5.18. The third-order valence-electron chi connectivity index (χ3n) is 2.56. The van der Waals surface area contributed by atoms with E-state index in [2.05, 4.69) is 5.32 Å². The van der Waals surface area contributed by atoms with Crippen LogP contribution in [0.3, 0.4) is 0 Å². The average Bonchev–Trinajstić information content (AvgIpc) is 2.25. The molecule has 1 aromatic rings. The Morgan fingerprint density at radius 1 is 1.29 bits per heavy atom. The van der Waals surface area contributed by atoms with E-state index in [0.717, 1.165) is 12.1 Å². The van der Waals surface area contributed by atoms with Gasteiger partial charge in [0.15, 0.2) is 0 Å². The highest BCUT2D eigenvalue weighted by atomic mass is 19.4. The number of hydrogen-bond donors (Lipinski definition) is 1. The first kappa shape index (κ1) is 13.7. The summed E-state index contributed by atoms with van der Waals surface area (Å²) in [6.07, 6.45) is -3.93. The van der Waals surface area contributed by atoms with Gasteiger partial charge in [-0.15, -0.1) is 0 Å². The van der Waals surface area contributed by atoms with Crippen molar-refractivity contribution in [2.24, 2.45) is 0 Å². The third kappa shape index (κ3) is 3.85. The van der Waals surface area contributed by atoms with Crippen molar-refractivity contribution in [3.8, 4) is 0 Å². The molecule has 1 rings (SSSR count). The van der Waals surface area contributed by atoms with Gasteiger partial charge in [-0.2, -0.15) is 13.2 Å².